The molecule has 2 aromatic rings. The minimum absolute atomic E-state index is 0. The van der Waals surface area contributed by atoms with Gasteiger partial charge in [0.05, 0.1) is 13.1 Å². The number of quaternary nitrogens is 1. The second-order valence-electron chi connectivity index (χ2n) is 5.99. The highest BCUT2D eigenvalue weighted by Crippen LogP contribution is 2.14. The Morgan fingerprint density at radius 2 is 1.95 bits per heavy atom. The summed E-state index contributed by atoms with van der Waals surface area (Å²) in [5, 5.41) is 2.56. The normalized spacial score (nSPS) is 21.2. The van der Waals surface area contributed by atoms with Crippen LogP contribution in [0.5, 0.6) is 0 Å². The van der Waals surface area contributed by atoms with Crippen LogP contribution in [0.4, 0.5) is 0 Å². The molecule has 2 aromatic carbocycles. The van der Waals surface area contributed by atoms with Gasteiger partial charge in [0.15, 0.2) is 0 Å². The molecule has 0 saturated carbocycles. The van der Waals surface area contributed by atoms with Crippen LogP contribution in [0.1, 0.15) is 25.3 Å². The van der Waals surface area contributed by atoms with Crippen LogP contribution in [-0.4, -0.2) is 19.6 Å². The number of piperidine rings is 1. The van der Waals surface area contributed by atoms with Gasteiger partial charge in [-0.05, 0) is 41.7 Å². The molecule has 1 fully saturated rings. The maximum atomic E-state index is 3.37. The van der Waals surface area contributed by atoms with E-state index in [0.29, 0.717) is 0 Å². The van der Waals surface area contributed by atoms with Crippen LogP contribution < -0.4 is 17.3 Å². The molecule has 1 saturated heterocycles. The molecule has 0 aromatic heterocycles. The Morgan fingerprint density at radius 3 is 2.76 bits per heavy atom. The number of benzene rings is 2. The highest BCUT2D eigenvalue weighted by molar-refractivity contribution is 5.83. The van der Waals surface area contributed by atoms with Crippen molar-refractivity contribution in [1.29, 1.82) is 0 Å². The van der Waals surface area contributed by atoms with Crippen LogP contribution in [0.15, 0.2) is 42.5 Å². The molecule has 0 radical (unpaired) electrons. The molecule has 3 rings (SSSR count). The number of halogens is 1. The molecule has 0 amide bonds. The number of hydrogen-bond donors (Lipinski definition) is 1. The van der Waals surface area contributed by atoms with E-state index in [9.17, 15) is 0 Å². The molecule has 2 atom stereocenters. The minimum Gasteiger partial charge on any atom is -1.00 e. The molecule has 2 heteroatoms. The van der Waals surface area contributed by atoms with E-state index in [1.807, 2.05) is 0 Å². The van der Waals surface area contributed by atoms with Crippen LogP contribution >= 0.6 is 0 Å². The fourth-order valence-corrected chi connectivity index (χ4v) is 3.10. The lowest BCUT2D eigenvalue weighted by molar-refractivity contribution is -0.901. The Bertz CT molecular complexity index is 653. The number of fused-ring (bicyclic) bond motifs is 1. The van der Waals surface area contributed by atoms with Gasteiger partial charge in [0.2, 0.25) is 0 Å². The molecule has 1 aliphatic rings. The zero-order valence-electron chi connectivity index (χ0n) is 12.5. The van der Waals surface area contributed by atoms with Gasteiger partial charge in [0.1, 0.15) is 6.54 Å². The monoisotopic (exact) mass is 299 g/mol. The second kappa shape index (κ2) is 7.50. The van der Waals surface area contributed by atoms with E-state index >= 15 is 0 Å². The van der Waals surface area contributed by atoms with Gasteiger partial charge in [-0.2, -0.15) is 0 Å². The lowest BCUT2D eigenvalue weighted by Gasteiger charge is -2.26. The van der Waals surface area contributed by atoms with Gasteiger partial charge in [-0.15, -0.1) is 0 Å². The topological polar surface area (TPSA) is 4.44 Å². The highest BCUT2D eigenvalue weighted by atomic mass is 35.5. The summed E-state index contributed by atoms with van der Waals surface area (Å²) in [5.41, 5.74) is 1.13. The van der Waals surface area contributed by atoms with E-state index in [1.165, 1.54) is 36.7 Å². The molecule has 1 nitrogen and oxygen atoms in total. The average molecular weight is 300 g/mol. The fraction of sp³-hybridized carbons (Fsp3) is 0.368. The van der Waals surface area contributed by atoms with Crippen molar-refractivity contribution in [1.82, 2.24) is 0 Å². The zero-order valence-corrected chi connectivity index (χ0v) is 13.3. The van der Waals surface area contributed by atoms with Gasteiger partial charge in [0, 0.05) is 11.5 Å². The first-order chi connectivity index (χ1) is 9.81. The molecule has 0 bridgehead atoms. The van der Waals surface area contributed by atoms with Gasteiger partial charge in [-0.3, -0.25) is 0 Å². The summed E-state index contributed by atoms with van der Waals surface area (Å²) in [6.45, 7) is 5.91. The first-order valence-electron chi connectivity index (χ1n) is 7.62. The summed E-state index contributed by atoms with van der Waals surface area (Å²) in [7, 11) is 0. The Balaban J connectivity index is 0.00000161. The van der Waals surface area contributed by atoms with Crippen LogP contribution in [0.25, 0.3) is 10.8 Å². The number of rotatable bonds is 1. The molecule has 110 valence electrons. The van der Waals surface area contributed by atoms with Crippen molar-refractivity contribution >= 4 is 10.8 Å². The highest BCUT2D eigenvalue weighted by Gasteiger charge is 2.17. The molecule has 0 spiro atoms. The lowest BCUT2D eigenvalue weighted by atomic mass is 10.0. The molecular weight excluding hydrogens is 278 g/mol. The maximum absolute atomic E-state index is 3.37. The summed E-state index contributed by atoms with van der Waals surface area (Å²) >= 11 is 0. The largest absolute Gasteiger partial charge is 1.00 e. The number of nitrogens with one attached hydrogen (secondary N) is 1. The SMILES string of the molecule is CC1CCC[NH+](CC#Cc2ccc3ccccc3c2)C1.[Cl-]. The van der Waals surface area contributed by atoms with E-state index < -0.39 is 0 Å². The minimum atomic E-state index is 0. The number of hydrogen-bond acceptors (Lipinski definition) is 0. The van der Waals surface area contributed by atoms with Crippen LogP contribution in [0.2, 0.25) is 0 Å². The van der Waals surface area contributed by atoms with Crippen molar-refractivity contribution in [3.63, 3.8) is 0 Å². The fourth-order valence-electron chi connectivity index (χ4n) is 3.10. The van der Waals surface area contributed by atoms with E-state index in [-0.39, 0.29) is 12.4 Å². The van der Waals surface area contributed by atoms with Crippen molar-refractivity contribution in [2.24, 2.45) is 5.92 Å². The van der Waals surface area contributed by atoms with E-state index in [1.54, 1.807) is 4.90 Å². The summed E-state index contributed by atoms with van der Waals surface area (Å²) in [6, 6.07) is 14.9. The van der Waals surface area contributed by atoms with Gasteiger partial charge in [0.25, 0.3) is 0 Å². The lowest BCUT2D eigenvalue weighted by Crippen LogP contribution is -3.13. The van der Waals surface area contributed by atoms with E-state index in [2.05, 4.69) is 61.2 Å². The standard InChI is InChI=1S/C19H21N.ClH/c1-16-6-4-12-20(15-16)13-5-7-17-10-11-18-8-2-3-9-19(18)14-17;/h2-3,8-11,14,16H,4,6,12-13,15H2,1H3;1H. The quantitative estimate of drug-likeness (QED) is 0.678. The first kappa shape index (κ1) is 15.9. The van der Waals surface area contributed by atoms with Gasteiger partial charge in [-0.25, -0.2) is 0 Å². The average Bonchev–Trinajstić information content (AvgIpc) is 2.47. The van der Waals surface area contributed by atoms with E-state index in [0.717, 1.165) is 18.0 Å². The molecule has 1 heterocycles. The van der Waals surface area contributed by atoms with Crippen LogP contribution in [0.3, 0.4) is 0 Å². The van der Waals surface area contributed by atoms with Crippen LogP contribution in [0, 0.1) is 17.8 Å². The third-order valence-corrected chi connectivity index (χ3v) is 4.18. The Morgan fingerprint density at radius 1 is 1.14 bits per heavy atom. The maximum Gasteiger partial charge on any atom is 0.139 e. The van der Waals surface area contributed by atoms with Gasteiger partial charge >= 0.3 is 0 Å². The molecule has 1 N–H and O–H groups in total. The molecule has 21 heavy (non-hydrogen) atoms. The summed E-state index contributed by atoms with van der Waals surface area (Å²) < 4.78 is 0. The molecular formula is C19H22ClN. The third kappa shape index (κ3) is 4.24. The summed E-state index contributed by atoms with van der Waals surface area (Å²) in [6.07, 6.45) is 2.75. The first-order valence-corrected chi connectivity index (χ1v) is 7.62. The van der Waals surface area contributed by atoms with Gasteiger partial charge in [-0.1, -0.05) is 43.2 Å². The zero-order chi connectivity index (χ0) is 13.8. The van der Waals surface area contributed by atoms with Crippen molar-refractivity contribution in [2.75, 3.05) is 19.6 Å². The molecule has 1 aliphatic heterocycles. The summed E-state index contributed by atoms with van der Waals surface area (Å²) in [4.78, 5) is 1.65. The second-order valence-corrected chi connectivity index (χ2v) is 5.99. The molecule has 0 aliphatic carbocycles. The predicted molar refractivity (Wildman–Crippen MR) is 84.8 cm³/mol. The van der Waals surface area contributed by atoms with Gasteiger partial charge < -0.3 is 17.3 Å². The van der Waals surface area contributed by atoms with Crippen molar-refractivity contribution in [3.05, 3.63) is 48.0 Å². The Labute approximate surface area is 133 Å². The summed E-state index contributed by atoms with van der Waals surface area (Å²) in [5.74, 6) is 7.56. The van der Waals surface area contributed by atoms with Crippen molar-refractivity contribution < 1.29 is 17.3 Å². The Hall–Kier alpha value is -1.49. The van der Waals surface area contributed by atoms with E-state index in [4.69, 9.17) is 0 Å². The third-order valence-electron chi connectivity index (χ3n) is 4.18. The molecule has 2 unspecified atom stereocenters. The van der Waals surface area contributed by atoms with Crippen molar-refractivity contribution in [2.45, 2.75) is 19.8 Å². The Kier molecular flexibility index (Phi) is 5.67. The smallest absolute Gasteiger partial charge is 0.139 e. The van der Waals surface area contributed by atoms with Crippen LogP contribution in [-0.2, 0) is 0 Å². The van der Waals surface area contributed by atoms with Crippen molar-refractivity contribution in [3.8, 4) is 11.8 Å². The number of likely N-dealkylation sites (tertiary alicyclic amines) is 1. The predicted octanol–water partition coefficient (Wildman–Crippen LogP) is -0.490.